The first-order valence-corrected chi connectivity index (χ1v) is 13.0. The summed E-state index contributed by atoms with van der Waals surface area (Å²) < 4.78 is 4.61. The smallest absolute Gasteiger partial charge is 0.305 e. The maximum absolute atomic E-state index is 12.2. The van der Waals surface area contributed by atoms with E-state index in [2.05, 4.69) is 31.3 Å². The normalized spacial score (nSPS) is 10.5. The van der Waals surface area contributed by atoms with Gasteiger partial charge >= 0.3 is 5.97 Å². The van der Waals surface area contributed by atoms with E-state index >= 15 is 0 Å². The molecule has 2 rings (SSSR count). The number of methoxy groups -OCH3 is 1. The maximum Gasteiger partial charge on any atom is 0.305 e. The van der Waals surface area contributed by atoms with E-state index in [4.69, 9.17) is 0 Å². The monoisotopic (exact) mass is 530 g/mol. The van der Waals surface area contributed by atoms with Crippen LogP contribution in [-0.4, -0.2) is 30.2 Å². The Morgan fingerprint density at radius 3 is 1.65 bits per heavy atom. The number of nitrogens with one attached hydrogen (secondary N) is 2. The van der Waals surface area contributed by atoms with Gasteiger partial charge in [-0.1, -0.05) is 53.0 Å². The van der Waals surface area contributed by atoms with Gasteiger partial charge in [0.2, 0.25) is 11.8 Å². The van der Waals surface area contributed by atoms with E-state index in [0.29, 0.717) is 19.3 Å². The SMILES string of the molecule is COC(=O)CCCCCCC(=O)Nc1ccc(CCCC(=O)Nc2ccc(CCBr)cc2)cc1. The first-order valence-electron chi connectivity index (χ1n) is 11.9. The van der Waals surface area contributed by atoms with Crippen LogP contribution < -0.4 is 10.6 Å². The predicted molar refractivity (Wildman–Crippen MR) is 140 cm³/mol. The number of amides is 2. The number of hydrogen-bond acceptors (Lipinski definition) is 4. The lowest BCUT2D eigenvalue weighted by atomic mass is 10.1. The molecule has 0 saturated carbocycles. The zero-order valence-electron chi connectivity index (χ0n) is 19.9. The highest BCUT2D eigenvalue weighted by molar-refractivity contribution is 9.09. The number of alkyl halides is 1. The molecule has 0 aliphatic heterocycles. The molecule has 0 unspecified atom stereocenters. The summed E-state index contributed by atoms with van der Waals surface area (Å²) in [5.74, 6) is -0.170. The molecule has 0 heterocycles. The lowest BCUT2D eigenvalue weighted by molar-refractivity contribution is -0.140. The Hall–Kier alpha value is -2.67. The van der Waals surface area contributed by atoms with Crippen LogP contribution in [0.4, 0.5) is 11.4 Å². The van der Waals surface area contributed by atoms with E-state index in [9.17, 15) is 14.4 Å². The van der Waals surface area contributed by atoms with Gasteiger partial charge in [-0.25, -0.2) is 0 Å². The lowest BCUT2D eigenvalue weighted by Crippen LogP contribution is -2.12. The minimum atomic E-state index is -0.184. The van der Waals surface area contributed by atoms with Crippen LogP contribution in [0.25, 0.3) is 0 Å². The molecule has 0 bridgehead atoms. The summed E-state index contributed by atoms with van der Waals surface area (Å²) in [5, 5.41) is 6.79. The highest BCUT2D eigenvalue weighted by atomic mass is 79.9. The number of benzene rings is 2. The molecule has 0 aliphatic carbocycles. The standard InChI is InChI=1S/C27H35BrN2O4/c1-34-27(33)10-5-3-2-4-8-25(31)29-23-15-11-21(12-16-23)7-6-9-26(32)30-24-17-13-22(14-18-24)19-20-28/h11-18H,2-10,19-20H2,1H3,(H,29,31)(H,30,32). The second-order valence-corrected chi connectivity index (χ2v) is 9.07. The first kappa shape index (κ1) is 27.6. The van der Waals surface area contributed by atoms with Crippen LogP contribution in [0.5, 0.6) is 0 Å². The summed E-state index contributed by atoms with van der Waals surface area (Å²) >= 11 is 3.43. The molecule has 0 atom stereocenters. The van der Waals surface area contributed by atoms with Gasteiger partial charge in [0.1, 0.15) is 0 Å². The van der Waals surface area contributed by atoms with Crippen molar-refractivity contribution in [2.75, 3.05) is 23.1 Å². The zero-order chi connectivity index (χ0) is 24.6. The quantitative estimate of drug-likeness (QED) is 0.167. The molecular weight excluding hydrogens is 496 g/mol. The van der Waals surface area contributed by atoms with Crippen molar-refractivity contribution >= 4 is 45.1 Å². The molecule has 7 heteroatoms. The second-order valence-electron chi connectivity index (χ2n) is 8.27. The Morgan fingerprint density at radius 1 is 0.676 bits per heavy atom. The van der Waals surface area contributed by atoms with E-state index in [0.717, 1.165) is 67.2 Å². The summed E-state index contributed by atoms with van der Waals surface area (Å²) in [4.78, 5) is 35.3. The van der Waals surface area contributed by atoms with Gasteiger partial charge in [0.05, 0.1) is 7.11 Å². The molecule has 2 amide bonds. The highest BCUT2D eigenvalue weighted by Gasteiger charge is 2.06. The third-order valence-electron chi connectivity index (χ3n) is 5.49. The number of unbranched alkanes of at least 4 members (excludes halogenated alkanes) is 3. The molecule has 34 heavy (non-hydrogen) atoms. The molecular formula is C27H35BrN2O4. The summed E-state index contributed by atoms with van der Waals surface area (Å²) in [5.41, 5.74) is 3.97. The van der Waals surface area contributed by atoms with Crippen LogP contribution in [0.2, 0.25) is 0 Å². The Labute approximate surface area is 211 Å². The van der Waals surface area contributed by atoms with Crippen molar-refractivity contribution in [3.8, 4) is 0 Å². The minimum Gasteiger partial charge on any atom is -0.469 e. The van der Waals surface area contributed by atoms with Crippen molar-refractivity contribution in [3.05, 3.63) is 59.7 Å². The number of hydrogen-bond donors (Lipinski definition) is 2. The van der Waals surface area contributed by atoms with Crippen molar-refractivity contribution in [1.82, 2.24) is 0 Å². The topological polar surface area (TPSA) is 84.5 Å². The fourth-order valence-corrected chi connectivity index (χ4v) is 3.99. The van der Waals surface area contributed by atoms with Gasteiger partial charge in [0, 0.05) is 36.0 Å². The van der Waals surface area contributed by atoms with Crippen LogP contribution >= 0.6 is 15.9 Å². The molecule has 0 radical (unpaired) electrons. The number of halogens is 1. The van der Waals surface area contributed by atoms with Crippen molar-refractivity contribution in [2.24, 2.45) is 0 Å². The van der Waals surface area contributed by atoms with Gasteiger partial charge in [-0.05, 0) is 67.5 Å². The Morgan fingerprint density at radius 2 is 1.15 bits per heavy atom. The molecule has 2 aromatic carbocycles. The first-order chi connectivity index (χ1) is 16.5. The molecule has 184 valence electrons. The Balaban J connectivity index is 1.60. The van der Waals surface area contributed by atoms with Crippen molar-refractivity contribution < 1.29 is 19.1 Å². The van der Waals surface area contributed by atoms with E-state index < -0.39 is 0 Å². The van der Waals surface area contributed by atoms with Crippen molar-refractivity contribution in [1.29, 1.82) is 0 Å². The van der Waals surface area contributed by atoms with Crippen LogP contribution in [0.1, 0.15) is 62.5 Å². The van der Waals surface area contributed by atoms with Crippen LogP contribution in [0, 0.1) is 0 Å². The molecule has 2 aromatic rings. The van der Waals surface area contributed by atoms with E-state index in [1.807, 2.05) is 48.5 Å². The largest absolute Gasteiger partial charge is 0.469 e. The third kappa shape index (κ3) is 11.5. The van der Waals surface area contributed by atoms with E-state index in [1.54, 1.807) is 0 Å². The number of aryl methyl sites for hydroxylation is 2. The van der Waals surface area contributed by atoms with Gasteiger partial charge < -0.3 is 15.4 Å². The maximum atomic E-state index is 12.2. The summed E-state index contributed by atoms with van der Waals surface area (Å²) in [6.45, 7) is 0. The van der Waals surface area contributed by atoms with Crippen LogP contribution in [0.15, 0.2) is 48.5 Å². The van der Waals surface area contributed by atoms with Crippen LogP contribution in [0.3, 0.4) is 0 Å². The fourth-order valence-electron chi connectivity index (χ4n) is 3.53. The van der Waals surface area contributed by atoms with Crippen LogP contribution in [-0.2, 0) is 32.0 Å². The minimum absolute atomic E-state index is 0.00221. The molecule has 0 fully saturated rings. The molecule has 2 N–H and O–H groups in total. The van der Waals surface area contributed by atoms with Gasteiger partial charge in [0.25, 0.3) is 0 Å². The molecule has 0 saturated heterocycles. The average molecular weight is 531 g/mol. The zero-order valence-corrected chi connectivity index (χ0v) is 21.5. The van der Waals surface area contributed by atoms with Gasteiger partial charge in [-0.2, -0.15) is 0 Å². The van der Waals surface area contributed by atoms with Gasteiger partial charge in [-0.3, -0.25) is 14.4 Å². The number of ether oxygens (including phenoxy) is 1. The average Bonchev–Trinajstić information content (AvgIpc) is 2.83. The molecule has 0 aliphatic rings. The predicted octanol–water partition coefficient (Wildman–Crippen LogP) is 6.04. The fraction of sp³-hybridized carbons (Fsp3) is 0.444. The Bertz CT molecular complexity index is 898. The van der Waals surface area contributed by atoms with E-state index in [-0.39, 0.29) is 17.8 Å². The number of carbonyl (C=O) groups is 3. The number of anilines is 2. The van der Waals surface area contributed by atoms with Gasteiger partial charge in [0.15, 0.2) is 0 Å². The third-order valence-corrected chi connectivity index (χ3v) is 5.89. The Kier molecular flexibility index (Phi) is 13.0. The lowest BCUT2D eigenvalue weighted by Gasteiger charge is -2.08. The second kappa shape index (κ2) is 16.0. The number of esters is 1. The number of carbonyl (C=O) groups excluding carboxylic acids is 3. The van der Waals surface area contributed by atoms with Crippen molar-refractivity contribution in [2.45, 2.75) is 64.2 Å². The summed E-state index contributed by atoms with van der Waals surface area (Å²) in [6.07, 6.45) is 7.32. The molecule has 0 spiro atoms. The van der Waals surface area contributed by atoms with Gasteiger partial charge in [-0.15, -0.1) is 0 Å². The molecule has 6 nitrogen and oxygen atoms in total. The summed E-state index contributed by atoms with van der Waals surface area (Å²) in [7, 11) is 1.39. The number of rotatable bonds is 15. The highest BCUT2D eigenvalue weighted by Crippen LogP contribution is 2.15. The molecule has 0 aromatic heterocycles. The van der Waals surface area contributed by atoms with Crippen molar-refractivity contribution in [3.63, 3.8) is 0 Å². The summed E-state index contributed by atoms with van der Waals surface area (Å²) in [6, 6.07) is 15.7. The van der Waals surface area contributed by atoms with E-state index in [1.165, 1.54) is 12.7 Å².